The second kappa shape index (κ2) is 8.97. The van der Waals surface area contributed by atoms with Gasteiger partial charge in [0.05, 0.1) is 5.76 Å². The van der Waals surface area contributed by atoms with Crippen LogP contribution in [-0.4, -0.2) is 15.9 Å². The van der Waals surface area contributed by atoms with Crippen LogP contribution in [0.4, 0.5) is 0 Å². The molecule has 5 rings (SSSR count). The van der Waals surface area contributed by atoms with Gasteiger partial charge >= 0.3 is 0 Å². The number of ketones is 1. The van der Waals surface area contributed by atoms with Gasteiger partial charge in [-0.05, 0) is 48.6 Å². The molecule has 1 radical (unpaired) electrons. The molecule has 0 aliphatic heterocycles. The van der Waals surface area contributed by atoms with E-state index in [4.69, 9.17) is 10.1 Å². The van der Waals surface area contributed by atoms with Crippen molar-refractivity contribution in [3.05, 3.63) is 89.3 Å². The standard InChI is InChI=1S/C23H18N.C5H8O2.Ir/c1-14-10-17-8-9-24-22-18-12-15-6-4-5-7-16(15)13-19(18)23(2,3)20(11-14)21(17)22;1-4(6)3-5(2)7;/h4-11,13H,1-3H3;3,6H,1-2H3;/q-1;;/b;4-3-;. The van der Waals surface area contributed by atoms with E-state index < -0.39 is 0 Å². The van der Waals surface area contributed by atoms with Crippen molar-refractivity contribution in [2.24, 2.45) is 0 Å². The third kappa shape index (κ3) is 4.26. The summed E-state index contributed by atoms with van der Waals surface area (Å²) in [5.41, 5.74) is 6.16. The minimum Gasteiger partial charge on any atom is -0.512 e. The van der Waals surface area contributed by atoms with Crippen LogP contribution in [-0.2, 0) is 30.3 Å². The molecule has 165 valence electrons. The molecule has 0 amide bonds. The second-order valence-corrected chi connectivity index (χ2v) is 8.74. The fraction of sp³-hybridized carbons (Fsp3) is 0.214. The Morgan fingerprint density at radius 1 is 1.03 bits per heavy atom. The Balaban J connectivity index is 0.000000318. The van der Waals surface area contributed by atoms with Crippen molar-refractivity contribution in [3.8, 4) is 11.3 Å². The summed E-state index contributed by atoms with van der Waals surface area (Å²) in [6.07, 6.45) is 3.09. The molecule has 1 N–H and O–H groups in total. The quantitative estimate of drug-likeness (QED) is 0.148. The number of pyridine rings is 1. The van der Waals surface area contributed by atoms with Gasteiger partial charge in [0.15, 0.2) is 5.78 Å². The third-order valence-corrected chi connectivity index (χ3v) is 5.79. The van der Waals surface area contributed by atoms with Crippen LogP contribution in [0.2, 0.25) is 0 Å². The Labute approximate surface area is 202 Å². The van der Waals surface area contributed by atoms with Gasteiger partial charge in [-0.2, -0.15) is 0 Å². The number of aryl methyl sites for hydroxylation is 1. The maximum Gasteiger partial charge on any atom is 0.155 e. The number of rotatable bonds is 1. The van der Waals surface area contributed by atoms with Gasteiger partial charge in [0.1, 0.15) is 0 Å². The zero-order valence-corrected chi connectivity index (χ0v) is 21.3. The maximum atomic E-state index is 10.0. The molecule has 3 nitrogen and oxygen atoms in total. The Morgan fingerprint density at radius 2 is 1.75 bits per heavy atom. The van der Waals surface area contributed by atoms with Crippen LogP contribution < -0.4 is 0 Å². The molecule has 1 aliphatic rings. The summed E-state index contributed by atoms with van der Waals surface area (Å²) in [4.78, 5) is 14.8. The smallest absolute Gasteiger partial charge is 0.155 e. The molecule has 1 aromatic heterocycles. The van der Waals surface area contributed by atoms with Crippen LogP contribution in [0.3, 0.4) is 0 Å². The van der Waals surface area contributed by atoms with Crippen LogP contribution in [0, 0.1) is 13.0 Å². The molecule has 0 unspecified atom stereocenters. The van der Waals surface area contributed by atoms with Gasteiger partial charge in [-0.1, -0.05) is 66.3 Å². The summed E-state index contributed by atoms with van der Waals surface area (Å²) in [6.45, 7) is 9.66. The number of fused-ring (bicyclic) bond motifs is 3. The van der Waals surface area contributed by atoms with Crippen molar-refractivity contribution in [1.82, 2.24) is 4.98 Å². The second-order valence-electron chi connectivity index (χ2n) is 8.74. The fourth-order valence-electron chi connectivity index (χ4n) is 4.43. The number of nitrogens with zero attached hydrogens (tertiary/aromatic N) is 1. The summed E-state index contributed by atoms with van der Waals surface area (Å²) in [5, 5.41) is 13.3. The van der Waals surface area contributed by atoms with Crippen molar-refractivity contribution >= 4 is 27.3 Å². The van der Waals surface area contributed by atoms with E-state index in [0.29, 0.717) is 0 Å². The van der Waals surface area contributed by atoms with Crippen LogP contribution in [0.1, 0.15) is 44.4 Å². The van der Waals surface area contributed by atoms with Crippen molar-refractivity contribution < 1.29 is 30.0 Å². The van der Waals surface area contributed by atoms with E-state index in [0.717, 1.165) is 16.6 Å². The van der Waals surface area contributed by atoms with E-state index in [1.54, 1.807) is 0 Å². The zero-order chi connectivity index (χ0) is 22.3. The molecule has 3 aromatic carbocycles. The molecular formula is C28H26IrNO2-. The van der Waals surface area contributed by atoms with Crippen molar-refractivity contribution in [3.63, 3.8) is 0 Å². The number of aromatic nitrogens is 1. The normalized spacial score (nSPS) is 13.6. The Bertz CT molecular complexity index is 1360. The first-order valence-electron chi connectivity index (χ1n) is 10.4. The van der Waals surface area contributed by atoms with Crippen LogP contribution in [0.25, 0.3) is 32.8 Å². The van der Waals surface area contributed by atoms with Gasteiger partial charge in [0, 0.05) is 38.1 Å². The van der Waals surface area contributed by atoms with Crippen molar-refractivity contribution in [2.45, 2.75) is 40.0 Å². The van der Waals surface area contributed by atoms with Crippen molar-refractivity contribution in [2.75, 3.05) is 0 Å². The number of hydrogen-bond donors (Lipinski definition) is 1. The average molecular weight is 601 g/mol. The molecule has 0 saturated heterocycles. The van der Waals surface area contributed by atoms with E-state index in [1.165, 1.54) is 52.8 Å². The molecule has 1 aliphatic carbocycles. The molecular weight excluding hydrogens is 575 g/mol. The number of hydrogen-bond acceptors (Lipinski definition) is 3. The van der Waals surface area contributed by atoms with E-state index in [1.807, 2.05) is 6.20 Å². The van der Waals surface area contributed by atoms with E-state index in [9.17, 15) is 4.79 Å². The Kier molecular flexibility index (Phi) is 6.69. The third-order valence-electron chi connectivity index (χ3n) is 5.79. The molecule has 0 atom stereocenters. The molecule has 1 heterocycles. The van der Waals surface area contributed by atoms with Gasteiger partial charge in [0.2, 0.25) is 0 Å². The molecule has 32 heavy (non-hydrogen) atoms. The zero-order valence-electron chi connectivity index (χ0n) is 18.9. The predicted octanol–water partition coefficient (Wildman–Crippen LogP) is 6.84. The number of aliphatic hydroxyl groups is 1. The van der Waals surface area contributed by atoms with E-state index in [-0.39, 0.29) is 37.1 Å². The summed E-state index contributed by atoms with van der Waals surface area (Å²) >= 11 is 0. The molecule has 4 aromatic rings. The SMILES string of the molecule is CC(=O)/C=C(/C)O.Cc1cc2c3c(nccc3c1)-c1[c-]c3ccccc3cc1C2(C)C.[Ir]. The first-order chi connectivity index (χ1) is 14.7. The van der Waals surface area contributed by atoms with Gasteiger partial charge < -0.3 is 5.11 Å². The van der Waals surface area contributed by atoms with Gasteiger partial charge in [0.25, 0.3) is 0 Å². The number of benzene rings is 3. The van der Waals surface area contributed by atoms with Crippen LogP contribution in [0.15, 0.2) is 66.6 Å². The maximum absolute atomic E-state index is 10.0. The minimum atomic E-state index is -0.125. The van der Waals surface area contributed by atoms with Gasteiger partial charge in [-0.3, -0.25) is 9.78 Å². The average Bonchev–Trinajstić information content (AvgIpc) is 2.70. The summed E-state index contributed by atoms with van der Waals surface area (Å²) < 4.78 is 0. The Hall–Kier alpha value is -2.81. The van der Waals surface area contributed by atoms with Crippen LogP contribution in [0.5, 0.6) is 0 Å². The van der Waals surface area contributed by atoms with Crippen molar-refractivity contribution in [1.29, 1.82) is 0 Å². The number of carbonyl (C=O) groups is 1. The summed E-state index contributed by atoms with van der Waals surface area (Å²) in [7, 11) is 0. The minimum absolute atomic E-state index is 0. The largest absolute Gasteiger partial charge is 0.512 e. The summed E-state index contributed by atoms with van der Waals surface area (Å²) in [5.74, 6) is -0.0625. The molecule has 4 heteroatoms. The monoisotopic (exact) mass is 601 g/mol. The molecule has 0 fully saturated rings. The number of allylic oxidation sites excluding steroid dienone is 2. The topological polar surface area (TPSA) is 50.2 Å². The molecule has 0 bridgehead atoms. The first kappa shape index (κ1) is 23.8. The summed E-state index contributed by atoms with van der Waals surface area (Å²) in [6, 6.07) is 21.2. The molecule has 0 spiro atoms. The number of carbonyl (C=O) groups excluding carboxylic acids is 1. The van der Waals surface area contributed by atoms with E-state index in [2.05, 4.69) is 75.4 Å². The fourth-order valence-corrected chi connectivity index (χ4v) is 4.43. The molecule has 0 saturated carbocycles. The predicted molar refractivity (Wildman–Crippen MR) is 127 cm³/mol. The Morgan fingerprint density at radius 3 is 2.41 bits per heavy atom. The van der Waals surface area contributed by atoms with E-state index >= 15 is 0 Å². The van der Waals surface area contributed by atoms with Gasteiger partial charge in [-0.15, -0.1) is 23.6 Å². The van der Waals surface area contributed by atoms with Crippen LogP contribution >= 0.6 is 0 Å². The first-order valence-corrected chi connectivity index (χ1v) is 10.4. The van der Waals surface area contributed by atoms with Gasteiger partial charge in [-0.25, -0.2) is 0 Å². The number of aliphatic hydroxyl groups excluding tert-OH is 1.